The summed E-state index contributed by atoms with van der Waals surface area (Å²) in [4.78, 5) is 0.395. The molecule has 0 radical (unpaired) electrons. The van der Waals surface area contributed by atoms with Crippen molar-refractivity contribution < 1.29 is 8.42 Å². The highest BCUT2D eigenvalue weighted by atomic mass is 32.2. The minimum Gasteiger partial charge on any atom is -0.310 e. The van der Waals surface area contributed by atoms with Gasteiger partial charge in [0.1, 0.15) is 0 Å². The minimum atomic E-state index is -3.41. The minimum absolute atomic E-state index is 0.326. The molecule has 0 heterocycles. The van der Waals surface area contributed by atoms with E-state index in [9.17, 15) is 8.42 Å². The Morgan fingerprint density at radius 3 is 2.57 bits per heavy atom. The summed E-state index contributed by atoms with van der Waals surface area (Å²) in [6, 6.07) is 7.54. The highest BCUT2D eigenvalue weighted by Gasteiger charge is 2.20. The van der Waals surface area contributed by atoms with E-state index >= 15 is 0 Å². The average molecular weight is 310 g/mol. The number of hydrogen-bond donors (Lipinski definition) is 2. The molecule has 0 bridgehead atoms. The maximum Gasteiger partial charge on any atom is 0.240 e. The van der Waals surface area contributed by atoms with Crippen LogP contribution >= 0.6 is 0 Å². The lowest BCUT2D eigenvalue weighted by molar-refractivity contribution is 0.297. The molecule has 4 nitrogen and oxygen atoms in total. The van der Waals surface area contributed by atoms with Gasteiger partial charge in [0.25, 0.3) is 0 Å². The van der Waals surface area contributed by atoms with Crippen molar-refractivity contribution in [3.8, 4) is 0 Å². The summed E-state index contributed by atoms with van der Waals surface area (Å²) >= 11 is 0. The zero-order chi connectivity index (χ0) is 15.3. The monoisotopic (exact) mass is 310 g/mol. The van der Waals surface area contributed by atoms with Crippen LogP contribution in [0, 0.1) is 5.92 Å². The fourth-order valence-electron chi connectivity index (χ4n) is 2.48. The molecule has 1 saturated carbocycles. The van der Waals surface area contributed by atoms with Crippen LogP contribution < -0.4 is 10.0 Å². The molecule has 0 aromatic heterocycles. The van der Waals surface area contributed by atoms with Gasteiger partial charge in [0.2, 0.25) is 10.0 Å². The third-order valence-electron chi connectivity index (χ3n) is 4.03. The summed E-state index contributed by atoms with van der Waals surface area (Å²) < 4.78 is 27.6. The maximum atomic E-state index is 12.4. The highest BCUT2D eigenvalue weighted by Crippen LogP contribution is 2.29. The summed E-state index contributed by atoms with van der Waals surface area (Å²) in [7, 11) is -3.41. The number of sulfonamides is 1. The molecule has 2 rings (SSSR count). The van der Waals surface area contributed by atoms with Gasteiger partial charge in [-0.15, -0.1) is 0 Å². The Balaban J connectivity index is 2.00. The van der Waals surface area contributed by atoms with E-state index in [1.807, 2.05) is 26.0 Å². The second kappa shape index (κ2) is 7.38. The van der Waals surface area contributed by atoms with Crippen molar-refractivity contribution in [1.82, 2.24) is 10.0 Å². The van der Waals surface area contributed by atoms with Gasteiger partial charge in [-0.3, -0.25) is 0 Å². The Bertz CT molecular complexity index is 551. The van der Waals surface area contributed by atoms with Gasteiger partial charge >= 0.3 is 0 Å². The van der Waals surface area contributed by atoms with E-state index in [1.54, 1.807) is 12.1 Å². The first-order valence-electron chi connectivity index (χ1n) is 7.80. The van der Waals surface area contributed by atoms with E-state index in [0.717, 1.165) is 12.0 Å². The van der Waals surface area contributed by atoms with Gasteiger partial charge in [0.05, 0.1) is 4.90 Å². The summed E-state index contributed by atoms with van der Waals surface area (Å²) in [5.74, 6) is 0.713. The van der Waals surface area contributed by atoms with Gasteiger partial charge in [-0.05, 0) is 24.0 Å². The molecule has 0 unspecified atom stereocenters. The van der Waals surface area contributed by atoms with Crippen LogP contribution in [-0.2, 0) is 16.6 Å². The van der Waals surface area contributed by atoms with Crippen molar-refractivity contribution in [3.05, 3.63) is 29.8 Å². The molecule has 0 saturated heterocycles. The lowest BCUT2D eigenvalue weighted by Crippen LogP contribution is -2.29. The third kappa shape index (κ3) is 4.80. The average Bonchev–Trinajstić information content (AvgIpc) is 2.39. The van der Waals surface area contributed by atoms with Crippen LogP contribution in [0.1, 0.15) is 45.1 Å². The molecule has 118 valence electrons. The Morgan fingerprint density at radius 1 is 1.24 bits per heavy atom. The van der Waals surface area contributed by atoms with Crippen molar-refractivity contribution in [2.24, 2.45) is 5.92 Å². The Hall–Kier alpha value is -0.910. The van der Waals surface area contributed by atoms with E-state index in [2.05, 4.69) is 10.0 Å². The quantitative estimate of drug-likeness (QED) is 0.776. The fraction of sp³-hybridized carbons (Fsp3) is 0.625. The van der Waals surface area contributed by atoms with Gasteiger partial charge < -0.3 is 5.32 Å². The molecule has 1 aliphatic carbocycles. The first kappa shape index (κ1) is 16.5. The first-order chi connectivity index (χ1) is 9.99. The molecule has 1 aromatic rings. The van der Waals surface area contributed by atoms with Crippen molar-refractivity contribution in [1.29, 1.82) is 0 Å². The van der Waals surface area contributed by atoms with E-state index in [1.165, 1.54) is 19.3 Å². The zero-order valence-electron chi connectivity index (χ0n) is 12.9. The van der Waals surface area contributed by atoms with E-state index in [-0.39, 0.29) is 0 Å². The Morgan fingerprint density at radius 2 is 1.95 bits per heavy atom. The van der Waals surface area contributed by atoms with Gasteiger partial charge in [0, 0.05) is 19.1 Å². The number of nitrogens with one attached hydrogen (secondary N) is 2. The van der Waals surface area contributed by atoms with Crippen LogP contribution in [0.15, 0.2) is 29.2 Å². The molecular weight excluding hydrogens is 284 g/mol. The molecule has 21 heavy (non-hydrogen) atoms. The summed E-state index contributed by atoms with van der Waals surface area (Å²) in [6.45, 7) is 5.21. The topological polar surface area (TPSA) is 58.2 Å². The molecule has 1 aromatic carbocycles. The largest absolute Gasteiger partial charge is 0.310 e. The zero-order valence-corrected chi connectivity index (χ0v) is 13.7. The Labute approximate surface area is 128 Å². The molecule has 0 atom stereocenters. The molecule has 0 aliphatic heterocycles. The van der Waals surface area contributed by atoms with E-state index in [0.29, 0.717) is 29.9 Å². The van der Waals surface area contributed by atoms with E-state index in [4.69, 9.17) is 0 Å². The van der Waals surface area contributed by atoms with Gasteiger partial charge in [-0.25, -0.2) is 13.1 Å². The van der Waals surface area contributed by atoms with Gasteiger partial charge in [-0.2, -0.15) is 0 Å². The predicted octanol–water partition coefficient (Wildman–Crippen LogP) is 2.65. The number of rotatable bonds is 8. The lowest BCUT2D eigenvalue weighted by atomic mass is 9.83. The molecule has 1 fully saturated rings. The van der Waals surface area contributed by atoms with Crippen molar-refractivity contribution in [2.45, 2.75) is 57.0 Å². The molecule has 5 heteroatoms. The van der Waals surface area contributed by atoms with Gasteiger partial charge in [-0.1, -0.05) is 51.3 Å². The number of benzene rings is 1. The van der Waals surface area contributed by atoms with Crippen LogP contribution in [0.25, 0.3) is 0 Å². The molecule has 0 amide bonds. The standard InChI is InChI=1S/C16H26N2O2S/c1-13(2)17-12-15-8-3-4-9-16(15)21(19,20)18-11-10-14-6-5-7-14/h3-4,8-9,13-14,17-18H,5-7,10-12H2,1-2H3. The molecule has 2 N–H and O–H groups in total. The first-order valence-corrected chi connectivity index (χ1v) is 9.28. The fourth-order valence-corrected chi connectivity index (χ4v) is 3.77. The van der Waals surface area contributed by atoms with Crippen LogP contribution in [0.2, 0.25) is 0 Å². The van der Waals surface area contributed by atoms with Crippen LogP contribution in [0.4, 0.5) is 0 Å². The van der Waals surface area contributed by atoms with Crippen molar-refractivity contribution >= 4 is 10.0 Å². The van der Waals surface area contributed by atoms with Crippen LogP contribution in [-0.4, -0.2) is 21.0 Å². The number of hydrogen-bond acceptors (Lipinski definition) is 3. The molecular formula is C16H26N2O2S. The highest BCUT2D eigenvalue weighted by molar-refractivity contribution is 7.89. The second-order valence-corrected chi connectivity index (χ2v) is 7.86. The van der Waals surface area contributed by atoms with Gasteiger partial charge in [0.15, 0.2) is 0 Å². The SMILES string of the molecule is CC(C)NCc1ccccc1S(=O)(=O)NCCC1CCC1. The maximum absolute atomic E-state index is 12.4. The Kier molecular flexibility index (Phi) is 5.79. The molecule has 1 aliphatic rings. The van der Waals surface area contributed by atoms with E-state index < -0.39 is 10.0 Å². The second-order valence-electron chi connectivity index (χ2n) is 6.13. The molecule has 0 spiro atoms. The summed E-state index contributed by atoms with van der Waals surface area (Å²) in [5, 5.41) is 3.27. The third-order valence-corrected chi connectivity index (χ3v) is 5.59. The predicted molar refractivity (Wildman–Crippen MR) is 85.6 cm³/mol. The lowest BCUT2D eigenvalue weighted by Gasteiger charge is -2.25. The normalized spacial score (nSPS) is 16.1. The smallest absolute Gasteiger partial charge is 0.240 e. The van der Waals surface area contributed by atoms with Crippen molar-refractivity contribution in [2.75, 3.05) is 6.54 Å². The summed E-state index contributed by atoms with van der Waals surface area (Å²) in [5.41, 5.74) is 0.822. The van der Waals surface area contributed by atoms with Crippen molar-refractivity contribution in [3.63, 3.8) is 0 Å². The van der Waals surface area contributed by atoms with Crippen LogP contribution in [0.5, 0.6) is 0 Å². The van der Waals surface area contributed by atoms with Crippen LogP contribution in [0.3, 0.4) is 0 Å². The summed E-state index contributed by atoms with van der Waals surface area (Å²) in [6.07, 6.45) is 4.74.